The van der Waals surface area contributed by atoms with E-state index in [4.69, 9.17) is 5.10 Å². The van der Waals surface area contributed by atoms with Crippen molar-refractivity contribution in [3.8, 4) is 0 Å². The van der Waals surface area contributed by atoms with Crippen molar-refractivity contribution in [1.82, 2.24) is 24.6 Å². The number of aryl methyl sites for hydroxylation is 1. The third kappa shape index (κ3) is 5.35. The van der Waals surface area contributed by atoms with Crippen LogP contribution in [0.4, 0.5) is 5.69 Å². The maximum absolute atomic E-state index is 14.3. The number of para-hydroxylation sites is 1. The van der Waals surface area contributed by atoms with E-state index in [1.807, 2.05) is 64.0 Å². The summed E-state index contributed by atoms with van der Waals surface area (Å²) in [7, 11) is 0. The van der Waals surface area contributed by atoms with E-state index in [9.17, 15) is 9.59 Å². The molecule has 1 aromatic carbocycles. The largest absolute Gasteiger partial charge is 0.331 e. The highest BCUT2D eigenvalue weighted by molar-refractivity contribution is 5.94. The maximum Gasteiger partial charge on any atom is 0.272 e. The standard InChI is InChI=1S/C31H38N6O2/c1-3-37-30(18-28(33-37)23-11-12-23)31(39)34-19-24-8-4-5-10-29(24)35(22(2)38)17-15-26-13-14-27(21-34)36(26)20-25-9-6-7-16-32-25/h4-10,16,18,23,26-27H,3,11-15,17,19-21H2,1-2H3/t26-,27+/m0/s1. The molecule has 2 bridgehead atoms. The van der Waals surface area contributed by atoms with Gasteiger partial charge in [0.1, 0.15) is 5.69 Å². The minimum atomic E-state index is 0.0147. The Morgan fingerprint density at radius 1 is 0.974 bits per heavy atom. The Balaban J connectivity index is 1.39. The van der Waals surface area contributed by atoms with E-state index in [0.717, 1.165) is 61.3 Å². The van der Waals surface area contributed by atoms with E-state index in [1.165, 1.54) is 0 Å². The lowest BCUT2D eigenvalue weighted by Crippen LogP contribution is -2.45. The predicted octanol–water partition coefficient (Wildman–Crippen LogP) is 4.61. The first-order chi connectivity index (χ1) is 19.0. The van der Waals surface area contributed by atoms with Crippen LogP contribution in [0.15, 0.2) is 54.7 Å². The van der Waals surface area contributed by atoms with E-state index in [-0.39, 0.29) is 17.9 Å². The van der Waals surface area contributed by atoms with Crippen LogP contribution >= 0.6 is 0 Å². The number of carbonyl (C=O) groups is 2. The third-order valence-corrected chi connectivity index (χ3v) is 8.58. The van der Waals surface area contributed by atoms with Crippen molar-refractivity contribution in [2.75, 3.05) is 18.0 Å². The minimum absolute atomic E-state index is 0.0147. The molecule has 8 nitrogen and oxygen atoms in total. The first-order valence-corrected chi connectivity index (χ1v) is 14.4. The highest BCUT2D eigenvalue weighted by Crippen LogP contribution is 2.40. The second-order valence-corrected chi connectivity index (χ2v) is 11.2. The molecule has 0 radical (unpaired) electrons. The van der Waals surface area contributed by atoms with Crippen molar-refractivity contribution >= 4 is 17.5 Å². The number of carbonyl (C=O) groups excluding carboxylic acids is 2. The van der Waals surface area contributed by atoms with Gasteiger partial charge in [-0.3, -0.25) is 24.2 Å². The second kappa shape index (κ2) is 10.9. The van der Waals surface area contributed by atoms with Crippen LogP contribution in [0.5, 0.6) is 0 Å². The fraction of sp³-hybridized carbons (Fsp3) is 0.484. The number of rotatable bonds is 5. The molecule has 6 rings (SSSR count). The monoisotopic (exact) mass is 526 g/mol. The number of hydrogen-bond donors (Lipinski definition) is 0. The van der Waals surface area contributed by atoms with Gasteiger partial charge < -0.3 is 9.80 Å². The highest BCUT2D eigenvalue weighted by Gasteiger charge is 2.38. The lowest BCUT2D eigenvalue weighted by molar-refractivity contribution is -0.116. The van der Waals surface area contributed by atoms with E-state index in [2.05, 4.69) is 22.0 Å². The normalized spacial score (nSPS) is 21.9. The molecule has 8 heteroatoms. The lowest BCUT2D eigenvalue weighted by Gasteiger charge is -2.33. The Labute approximate surface area is 230 Å². The van der Waals surface area contributed by atoms with E-state index in [0.29, 0.717) is 43.8 Å². The molecule has 1 aliphatic carbocycles. The number of anilines is 1. The number of nitrogens with zero attached hydrogens (tertiary/aromatic N) is 6. The predicted molar refractivity (Wildman–Crippen MR) is 150 cm³/mol. The van der Waals surface area contributed by atoms with Gasteiger partial charge in [0.05, 0.1) is 11.4 Å². The number of aromatic nitrogens is 3. The number of amides is 2. The minimum Gasteiger partial charge on any atom is -0.331 e. The Morgan fingerprint density at radius 3 is 2.51 bits per heavy atom. The van der Waals surface area contributed by atoms with Crippen LogP contribution in [0.2, 0.25) is 0 Å². The number of pyridine rings is 1. The van der Waals surface area contributed by atoms with Crippen molar-refractivity contribution in [2.24, 2.45) is 0 Å². The first-order valence-electron chi connectivity index (χ1n) is 14.4. The third-order valence-electron chi connectivity index (χ3n) is 8.58. The molecular formula is C31H38N6O2. The zero-order valence-corrected chi connectivity index (χ0v) is 23.0. The molecule has 3 aliphatic rings. The van der Waals surface area contributed by atoms with Gasteiger partial charge in [-0.2, -0.15) is 5.10 Å². The Kier molecular flexibility index (Phi) is 7.21. The van der Waals surface area contributed by atoms with E-state index < -0.39 is 0 Å². The number of benzene rings is 1. The van der Waals surface area contributed by atoms with E-state index >= 15 is 0 Å². The molecule has 204 valence electrons. The molecule has 0 unspecified atom stereocenters. The summed E-state index contributed by atoms with van der Waals surface area (Å²) in [5.74, 6) is 0.533. The molecule has 4 heterocycles. The van der Waals surface area contributed by atoms with Crippen molar-refractivity contribution in [3.63, 3.8) is 0 Å². The molecule has 0 spiro atoms. The Hall–Kier alpha value is -3.52. The Morgan fingerprint density at radius 2 is 1.77 bits per heavy atom. The van der Waals surface area contributed by atoms with Crippen LogP contribution in [-0.4, -0.2) is 61.6 Å². The van der Waals surface area contributed by atoms with Crippen molar-refractivity contribution < 1.29 is 9.59 Å². The molecule has 1 saturated carbocycles. The van der Waals surface area contributed by atoms with Gasteiger partial charge >= 0.3 is 0 Å². The van der Waals surface area contributed by atoms with Gasteiger partial charge in [-0.15, -0.1) is 0 Å². The van der Waals surface area contributed by atoms with Gasteiger partial charge in [-0.05, 0) is 68.9 Å². The van der Waals surface area contributed by atoms with Gasteiger partial charge in [0.15, 0.2) is 0 Å². The zero-order chi connectivity index (χ0) is 26.9. The summed E-state index contributed by atoms with van der Waals surface area (Å²) >= 11 is 0. The van der Waals surface area contributed by atoms with Gasteiger partial charge in [-0.25, -0.2) is 0 Å². The topological polar surface area (TPSA) is 74.6 Å². The summed E-state index contributed by atoms with van der Waals surface area (Å²) in [6.45, 7) is 6.82. The SMILES string of the molecule is CCn1nc(C2CC2)cc1C(=O)N1Cc2ccccc2N(C(C)=O)CC[C@@H]2CC[C@H](C1)N2Cc1ccccn1. The van der Waals surface area contributed by atoms with Gasteiger partial charge in [0.2, 0.25) is 5.91 Å². The van der Waals surface area contributed by atoms with Crippen molar-refractivity contribution in [3.05, 3.63) is 77.4 Å². The quantitative estimate of drug-likeness (QED) is 0.486. The number of hydrogen-bond acceptors (Lipinski definition) is 5. The van der Waals surface area contributed by atoms with Crippen LogP contribution in [-0.2, 0) is 24.4 Å². The maximum atomic E-state index is 14.3. The average Bonchev–Trinajstić information content (AvgIpc) is 3.60. The van der Waals surface area contributed by atoms with Gasteiger partial charge in [0.25, 0.3) is 5.91 Å². The van der Waals surface area contributed by atoms with Crippen LogP contribution in [0.1, 0.15) is 79.3 Å². The summed E-state index contributed by atoms with van der Waals surface area (Å²) in [6, 6.07) is 16.7. The van der Waals surface area contributed by atoms with E-state index in [1.54, 1.807) is 6.92 Å². The summed E-state index contributed by atoms with van der Waals surface area (Å²) in [6.07, 6.45) is 7.10. The molecule has 0 N–H and O–H groups in total. The molecule has 1 saturated heterocycles. The summed E-state index contributed by atoms with van der Waals surface area (Å²) < 4.78 is 1.87. The van der Waals surface area contributed by atoms with Gasteiger partial charge in [0, 0.05) is 69.5 Å². The van der Waals surface area contributed by atoms with Gasteiger partial charge in [-0.1, -0.05) is 24.3 Å². The van der Waals surface area contributed by atoms with Crippen molar-refractivity contribution in [2.45, 2.75) is 83.6 Å². The summed E-state index contributed by atoms with van der Waals surface area (Å²) in [4.78, 5) is 38.2. The van der Waals surface area contributed by atoms with Crippen LogP contribution in [0.25, 0.3) is 0 Å². The smallest absolute Gasteiger partial charge is 0.272 e. The lowest BCUT2D eigenvalue weighted by atomic mass is 10.1. The zero-order valence-electron chi connectivity index (χ0n) is 23.0. The molecule has 2 aliphatic heterocycles. The average molecular weight is 527 g/mol. The molecule has 2 atom stereocenters. The fourth-order valence-electron chi connectivity index (χ4n) is 6.36. The Bertz CT molecular complexity index is 1330. The molecule has 3 aromatic rings. The number of fused-ring (bicyclic) bond motifs is 3. The van der Waals surface area contributed by atoms with Crippen LogP contribution in [0.3, 0.4) is 0 Å². The molecule has 2 amide bonds. The second-order valence-electron chi connectivity index (χ2n) is 11.2. The summed E-state index contributed by atoms with van der Waals surface area (Å²) in [5, 5.41) is 4.79. The summed E-state index contributed by atoms with van der Waals surface area (Å²) in [5.41, 5.74) is 4.64. The molecule has 2 fully saturated rings. The molecule has 39 heavy (non-hydrogen) atoms. The van der Waals surface area contributed by atoms with Crippen molar-refractivity contribution in [1.29, 1.82) is 0 Å². The van der Waals surface area contributed by atoms with Crippen LogP contribution < -0.4 is 4.90 Å². The first kappa shape index (κ1) is 25.7. The van der Waals surface area contributed by atoms with Crippen LogP contribution in [0, 0.1) is 0 Å². The molecular weight excluding hydrogens is 488 g/mol. The fourth-order valence-corrected chi connectivity index (χ4v) is 6.36. The molecule has 2 aromatic heterocycles. The highest BCUT2D eigenvalue weighted by atomic mass is 16.2.